The van der Waals surface area contributed by atoms with Crippen LogP contribution in [0, 0.1) is 0 Å². The van der Waals surface area contributed by atoms with Crippen molar-refractivity contribution < 1.29 is 22.9 Å². The smallest absolute Gasteiger partial charge is 0.295 e. The van der Waals surface area contributed by atoms with E-state index in [1.54, 1.807) is 31.2 Å². The number of nitrogens with zero attached hydrogens (tertiary/aromatic N) is 4. The Morgan fingerprint density at radius 2 is 1.81 bits per heavy atom. The number of benzene rings is 3. The number of hydrogen-bond acceptors (Lipinski definition) is 7. The summed E-state index contributed by atoms with van der Waals surface area (Å²) < 4.78 is 33.0. The van der Waals surface area contributed by atoms with Crippen LogP contribution in [0.1, 0.15) is 6.92 Å². The number of rotatable bonds is 4. The average molecular weight is 459 g/mol. The van der Waals surface area contributed by atoms with Gasteiger partial charge in [0.2, 0.25) is 0 Å². The van der Waals surface area contributed by atoms with Gasteiger partial charge in [0.05, 0.1) is 11.4 Å². The topological polar surface area (TPSA) is 132 Å². The van der Waals surface area contributed by atoms with E-state index in [2.05, 4.69) is 15.3 Å². The molecular formula is C20H15ClN4O5S. The number of fused-ring (bicyclic) bond motifs is 1. The number of phenolic OH excluding ortho intramolecular Hbond substituents is 1. The van der Waals surface area contributed by atoms with Crippen LogP contribution in [0.2, 0.25) is 5.02 Å². The van der Waals surface area contributed by atoms with Crippen molar-refractivity contribution in [3.05, 3.63) is 59.6 Å². The van der Waals surface area contributed by atoms with Crippen molar-refractivity contribution in [2.24, 2.45) is 15.3 Å². The Kier molecular flexibility index (Phi) is 5.21. The van der Waals surface area contributed by atoms with Crippen LogP contribution in [-0.2, 0) is 14.9 Å². The number of hydrogen-bond donors (Lipinski definition) is 2. The molecule has 9 nitrogen and oxygen atoms in total. The standard InChI is InChI=1S/C20H15ClN4O5S/c1-11-18(20(27)25(24-11)13-5-3-2-4-6-13)22-23-19-14-8-7-12(21)9-15(14)17(10-16(19)26)31(28,29)30/h2-10,18,26H,1H3,(H,28,29,30). The van der Waals surface area contributed by atoms with E-state index in [0.717, 1.165) is 6.07 Å². The number of aromatic hydroxyl groups is 1. The van der Waals surface area contributed by atoms with E-state index in [9.17, 15) is 22.9 Å². The van der Waals surface area contributed by atoms with Crippen LogP contribution < -0.4 is 5.01 Å². The Morgan fingerprint density at radius 1 is 1.10 bits per heavy atom. The lowest BCUT2D eigenvalue weighted by Gasteiger charge is -2.12. The minimum Gasteiger partial charge on any atom is -0.506 e. The average Bonchev–Trinajstić information content (AvgIpc) is 3.00. The second-order valence-corrected chi connectivity index (χ2v) is 8.58. The first-order valence-electron chi connectivity index (χ1n) is 8.94. The first-order valence-corrected chi connectivity index (χ1v) is 10.8. The summed E-state index contributed by atoms with van der Waals surface area (Å²) in [4.78, 5) is 12.3. The number of phenols is 1. The summed E-state index contributed by atoms with van der Waals surface area (Å²) >= 11 is 5.97. The number of carbonyl (C=O) groups is 1. The highest BCUT2D eigenvalue weighted by Gasteiger charge is 2.34. The van der Waals surface area contributed by atoms with Gasteiger partial charge in [-0.3, -0.25) is 9.35 Å². The third-order valence-electron chi connectivity index (χ3n) is 4.66. The van der Waals surface area contributed by atoms with Gasteiger partial charge in [-0.25, -0.2) is 0 Å². The summed E-state index contributed by atoms with van der Waals surface area (Å²) in [6.07, 6.45) is 0. The molecule has 0 aromatic heterocycles. The summed E-state index contributed by atoms with van der Waals surface area (Å²) in [6.45, 7) is 1.63. The Hall–Kier alpha value is -3.34. The molecule has 3 aromatic rings. The largest absolute Gasteiger partial charge is 0.506 e. The van der Waals surface area contributed by atoms with Gasteiger partial charge in [0.15, 0.2) is 6.04 Å². The molecule has 31 heavy (non-hydrogen) atoms. The van der Waals surface area contributed by atoms with Crippen LogP contribution in [0.3, 0.4) is 0 Å². The molecule has 158 valence electrons. The fourth-order valence-electron chi connectivity index (χ4n) is 3.21. The highest BCUT2D eigenvalue weighted by molar-refractivity contribution is 7.86. The summed E-state index contributed by atoms with van der Waals surface area (Å²) in [5.74, 6) is -0.958. The molecule has 0 aliphatic carbocycles. The van der Waals surface area contributed by atoms with Crippen molar-refractivity contribution in [1.82, 2.24) is 0 Å². The van der Waals surface area contributed by atoms with E-state index >= 15 is 0 Å². The van der Waals surface area contributed by atoms with Crippen LogP contribution in [0.15, 0.2) is 74.8 Å². The zero-order valence-electron chi connectivity index (χ0n) is 16.0. The second kappa shape index (κ2) is 7.73. The number of para-hydroxylation sites is 1. The predicted molar refractivity (Wildman–Crippen MR) is 116 cm³/mol. The van der Waals surface area contributed by atoms with E-state index in [4.69, 9.17) is 11.6 Å². The zero-order valence-corrected chi connectivity index (χ0v) is 17.5. The quantitative estimate of drug-likeness (QED) is 0.443. The van der Waals surface area contributed by atoms with Gasteiger partial charge < -0.3 is 5.11 Å². The molecule has 0 fully saturated rings. The number of azo groups is 1. The van der Waals surface area contributed by atoms with E-state index < -0.39 is 32.7 Å². The molecule has 0 saturated carbocycles. The normalized spacial score (nSPS) is 17.0. The summed E-state index contributed by atoms with van der Waals surface area (Å²) in [6, 6.07) is 12.9. The van der Waals surface area contributed by atoms with Gasteiger partial charge >= 0.3 is 0 Å². The highest BCUT2D eigenvalue weighted by atomic mass is 35.5. The van der Waals surface area contributed by atoms with Gasteiger partial charge in [-0.1, -0.05) is 35.9 Å². The summed E-state index contributed by atoms with van der Waals surface area (Å²) in [5.41, 5.74) is 0.904. The van der Waals surface area contributed by atoms with Crippen molar-refractivity contribution >= 4 is 55.5 Å². The lowest BCUT2D eigenvalue weighted by atomic mass is 10.1. The van der Waals surface area contributed by atoms with Gasteiger partial charge in [0.25, 0.3) is 16.0 Å². The molecule has 11 heteroatoms. The summed E-state index contributed by atoms with van der Waals surface area (Å²) in [5, 5.41) is 24.4. The third kappa shape index (κ3) is 3.88. The van der Waals surface area contributed by atoms with Gasteiger partial charge in [0, 0.05) is 21.9 Å². The minimum atomic E-state index is -4.64. The van der Waals surface area contributed by atoms with Crippen LogP contribution >= 0.6 is 11.6 Å². The van der Waals surface area contributed by atoms with Crippen molar-refractivity contribution in [2.75, 3.05) is 5.01 Å². The molecule has 1 amide bonds. The lowest BCUT2D eigenvalue weighted by Crippen LogP contribution is -2.29. The maximum atomic E-state index is 12.8. The molecule has 1 heterocycles. The number of halogens is 1. The second-order valence-electron chi connectivity index (χ2n) is 6.75. The van der Waals surface area contributed by atoms with Gasteiger partial charge in [0.1, 0.15) is 16.3 Å². The maximum Gasteiger partial charge on any atom is 0.295 e. The first-order chi connectivity index (χ1) is 14.7. The van der Waals surface area contributed by atoms with Crippen molar-refractivity contribution in [3.8, 4) is 5.75 Å². The molecule has 1 unspecified atom stereocenters. The zero-order chi connectivity index (χ0) is 22.3. The molecule has 4 rings (SSSR count). The third-order valence-corrected chi connectivity index (χ3v) is 5.79. The molecular weight excluding hydrogens is 444 g/mol. The Morgan fingerprint density at radius 3 is 2.48 bits per heavy atom. The SMILES string of the molecule is CC1=NN(c2ccccc2)C(=O)C1N=Nc1c(O)cc(S(=O)(=O)O)c2cc(Cl)ccc12. The van der Waals surface area contributed by atoms with Crippen LogP contribution in [0.25, 0.3) is 10.8 Å². The molecule has 0 spiro atoms. The summed E-state index contributed by atoms with van der Waals surface area (Å²) in [7, 11) is -4.64. The van der Waals surface area contributed by atoms with E-state index in [-0.39, 0.29) is 21.5 Å². The fourth-order valence-corrected chi connectivity index (χ4v) is 4.09. The molecule has 3 aromatic carbocycles. The number of carbonyl (C=O) groups excluding carboxylic acids is 1. The van der Waals surface area contributed by atoms with Crippen molar-refractivity contribution in [1.29, 1.82) is 0 Å². The fraction of sp³-hybridized carbons (Fsp3) is 0.100. The maximum absolute atomic E-state index is 12.8. The number of anilines is 1. The Labute approximate surface area is 182 Å². The van der Waals surface area contributed by atoms with Crippen LogP contribution in [-0.4, -0.2) is 35.7 Å². The molecule has 1 aliphatic heterocycles. The molecule has 1 atom stereocenters. The van der Waals surface area contributed by atoms with Gasteiger partial charge in [-0.05, 0) is 31.2 Å². The highest BCUT2D eigenvalue weighted by Crippen LogP contribution is 2.40. The predicted octanol–water partition coefficient (Wildman–Crippen LogP) is 4.32. The molecule has 0 bridgehead atoms. The van der Waals surface area contributed by atoms with E-state index in [0.29, 0.717) is 11.4 Å². The molecule has 0 radical (unpaired) electrons. The van der Waals surface area contributed by atoms with Gasteiger partial charge in [-0.2, -0.15) is 28.8 Å². The Bertz CT molecular complexity index is 1370. The molecule has 0 saturated heterocycles. The molecule has 1 aliphatic rings. The first kappa shape index (κ1) is 20.9. The van der Waals surface area contributed by atoms with Crippen molar-refractivity contribution in [2.45, 2.75) is 17.9 Å². The number of hydrazone groups is 1. The van der Waals surface area contributed by atoms with Gasteiger partial charge in [-0.15, -0.1) is 0 Å². The number of amides is 1. The van der Waals surface area contributed by atoms with Crippen molar-refractivity contribution in [3.63, 3.8) is 0 Å². The van der Waals surface area contributed by atoms with Crippen LogP contribution in [0.5, 0.6) is 5.75 Å². The van der Waals surface area contributed by atoms with E-state index in [1.165, 1.54) is 23.2 Å². The lowest BCUT2D eigenvalue weighted by molar-refractivity contribution is -0.117. The van der Waals surface area contributed by atoms with Crippen LogP contribution in [0.4, 0.5) is 11.4 Å². The Balaban J connectivity index is 1.77. The van der Waals surface area contributed by atoms with E-state index in [1.807, 2.05) is 6.07 Å². The molecule has 2 N–H and O–H groups in total. The monoisotopic (exact) mass is 458 g/mol. The minimum absolute atomic E-state index is 0.0517.